The largest absolute Gasteiger partial charge is 0.481 e. The zero-order valence-electron chi connectivity index (χ0n) is 17.3. The van der Waals surface area contributed by atoms with Gasteiger partial charge in [-0.1, -0.05) is 37.3 Å². The fraction of sp³-hybridized carbons (Fsp3) is 0.458. The standard InChI is InChI=1S/C24H32N2O2/c1-4-23(28-22-13-18(2)12-19(3)14-22)24(27)25-16-20-8-7-9-21(15-20)17-26-10-5-6-11-26/h7-9,12-15,23H,4-6,10-11,16-17H2,1-3H3,(H,25,27). The summed E-state index contributed by atoms with van der Waals surface area (Å²) in [6.07, 6.45) is 2.76. The summed E-state index contributed by atoms with van der Waals surface area (Å²) in [5.41, 5.74) is 4.72. The van der Waals surface area contributed by atoms with E-state index in [1.807, 2.05) is 32.9 Å². The SMILES string of the molecule is CCC(Oc1cc(C)cc(C)c1)C(=O)NCc1cccc(CN2CCCC2)c1. The minimum atomic E-state index is -0.478. The number of aryl methyl sites for hydroxylation is 2. The highest BCUT2D eigenvalue weighted by Gasteiger charge is 2.18. The zero-order chi connectivity index (χ0) is 19.9. The fourth-order valence-electron chi connectivity index (χ4n) is 3.83. The molecule has 1 amide bonds. The van der Waals surface area contributed by atoms with E-state index >= 15 is 0 Å². The van der Waals surface area contributed by atoms with E-state index in [9.17, 15) is 4.79 Å². The van der Waals surface area contributed by atoms with E-state index < -0.39 is 6.10 Å². The number of nitrogens with zero attached hydrogens (tertiary/aromatic N) is 1. The lowest BCUT2D eigenvalue weighted by molar-refractivity contribution is -0.128. The predicted octanol–water partition coefficient (Wildman–Crippen LogP) is 4.37. The third-order valence-corrected chi connectivity index (χ3v) is 5.20. The number of nitrogens with one attached hydrogen (secondary N) is 1. The van der Waals surface area contributed by atoms with Gasteiger partial charge in [-0.25, -0.2) is 0 Å². The Morgan fingerprint density at radius 2 is 1.75 bits per heavy atom. The Kier molecular flexibility index (Phi) is 7.10. The van der Waals surface area contributed by atoms with Crippen molar-refractivity contribution >= 4 is 5.91 Å². The Hall–Kier alpha value is -2.33. The fourth-order valence-corrected chi connectivity index (χ4v) is 3.83. The highest BCUT2D eigenvalue weighted by molar-refractivity contribution is 5.81. The number of hydrogen-bond acceptors (Lipinski definition) is 3. The first-order valence-corrected chi connectivity index (χ1v) is 10.4. The Labute approximate surface area is 168 Å². The molecule has 1 aliphatic rings. The van der Waals surface area contributed by atoms with E-state index in [4.69, 9.17) is 4.74 Å². The first kappa shape index (κ1) is 20.4. The lowest BCUT2D eigenvalue weighted by atomic mass is 10.1. The molecule has 150 valence electrons. The summed E-state index contributed by atoms with van der Waals surface area (Å²) in [5, 5.41) is 3.04. The summed E-state index contributed by atoms with van der Waals surface area (Å²) >= 11 is 0. The van der Waals surface area contributed by atoms with Crippen LogP contribution in [0.4, 0.5) is 0 Å². The molecular weight excluding hydrogens is 348 g/mol. The van der Waals surface area contributed by atoms with E-state index in [-0.39, 0.29) is 5.91 Å². The molecule has 1 saturated heterocycles. The number of carbonyl (C=O) groups excluding carboxylic acids is 1. The van der Waals surface area contributed by atoms with Gasteiger partial charge in [-0.05, 0) is 80.6 Å². The third-order valence-electron chi connectivity index (χ3n) is 5.20. The quantitative estimate of drug-likeness (QED) is 0.739. The van der Waals surface area contributed by atoms with Crippen LogP contribution in [0, 0.1) is 13.8 Å². The average Bonchev–Trinajstić information content (AvgIpc) is 3.16. The van der Waals surface area contributed by atoms with Crippen LogP contribution in [0.15, 0.2) is 42.5 Å². The zero-order valence-corrected chi connectivity index (χ0v) is 17.3. The summed E-state index contributed by atoms with van der Waals surface area (Å²) in [7, 11) is 0. The van der Waals surface area contributed by atoms with Crippen molar-refractivity contribution in [1.29, 1.82) is 0 Å². The van der Waals surface area contributed by atoms with Gasteiger partial charge in [0.2, 0.25) is 0 Å². The van der Waals surface area contributed by atoms with Gasteiger partial charge in [0.05, 0.1) is 0 Å². The maximum Gasteiger partial charge on any atom is 0.261 e. The Morgan fingerprint density at radius 1 is 1.07 bits per heavy atom. The van der Waals surface area contributed by atoms with Crippen molar-refractivity contribution in [2.75, 3.05) is 13.1 Å². The molecule has 2 aromatic rings. The molecule has 1 aliphatic heterocycles. The first-order valence-electron chi connectivity index (χ1n) is 10.4. The molecule has 0 saturated carbocycles. The van der Waals surface area contributed by atoms with Crippen molar-refractivity contribution in [3.8, 4) is 5.75 Å². The van der Waals surface area contributed by atoms with Gasteiger partial charge in [0.1, 0.15) is 5.75 Å². The number of ether oxygens (including phenoxy) is 1. The molecule has 1 unspecified atom stereocenters. The molecule has 0 bridgehead atoms. The van der Waals surface area contributed by atoms with Gasteiger partial charge in [-0.15, -0.1) is 0 Å². The van der Waals surface area contributed by atoms with Crippen LogP contribution in [0.3, 0.4) is 0 Å². The second-order valence-electron chi connectivity index (χ2n) is 7.86. The number of carbonyl (C=O) groups is 1. The molecule has 0 aliphatic carbocycles. The molecule has 1 N–H and O–H groups in total. The predicted molar refractivity (Wildman–Crippen MR) is 113 cm³/mol. The topological polar surface area (TPSA) is 41.6 Å². The summed E-state index contributed by atoms with van der Waals surface area (Å²) in [6.45, 7) is 9.95. The molecule has 1 heterocycles. The number of amides is 1. The monoisotopic (exact) mass is 380 g/mol. The van der Waals surface area contributed by atoms with E-state index in [1.54, 1.807) is 0 Å². The van der Waals surface area contributed by atoms with Gasteiger partial charge < -0.3 is 10.1 Å². The minimum Gasteiger partial charge on any atom is -0.481 e. The number of rotatable bonds is 8. The van der Waals surface area contributed by atoms with Gasteiger partial charge >= 0.3 is 0 Å². The van der Waals surface area contributed by atoms with E-state index in [2.05, 4.69) is 40.5 Å². The molecule has 0 radical (unpaired) electrons. The maximum atomic E-state index is 12.6. The van der Waals surface area contributed by atoms with Crippen molar-refractivity contribution in [2.45, 2.75) is 59.2 Å². The van der Waals surface area contributed by atoms with Gasteiger partial charge in [0.25, 0.3) is 5.91 Å². The maximum absolute atomic E-state index is 12.6. The van der Waals surface area contributed by atoms with Crippen LogP contribution in [0.2, 0.25) is 0 Å². The van der Waals surface area contributed by atoms with Gasteiger partial charge in [-0.2, -0.15) is 0 Å². The van der Waals surface area contributed by atoms with Crippen LogP contribution in [0.1, 0.15) is 48.4 Å². The molecule has 28 heavy (non-hydrogen) atoms. The molecule has 0 aromatic heterocycles. The third kappa shape index (κ3) is 5.83. The van der Waals surface area contributed by atoms with E-state index in [1.165, 1.54) is 31.5 Å². The van der Waals surface area contributed by atoms with Crippen LogP contribution in [0.25, 0.3) is 0 Å². The number of benzene rings is 2. The van der Waals surface area contributed by atoms with E-state index in [0.29, 0.717) is 13.0 Å². The second-order valence-corrected chi connectivity index (χ2v) is 7.86. The van der Waals surface area contributed by atoms with Gasteiger partial charge in [0.15, 0.2) is 6.10 Å². The van der Waals surface area contributed by atoms with Crippen molar-refractivity contribution in [3.05, 3.63) is 64.7 Å². The van der Waals surface area contributed by atoms with Crippen LogP contribution >= 0.6 is 0 Å². The minimum absolute atomic E-state index is 0.0633. The molecule has 4 nitrogen and oxygen atoms in total. The Balaban J connectivity index is 1.55. The van der Waals surface area contributed by atoms with E-state index in [0.717, 1.165) is 29.0 Å². The van der Waals surface area contributed by atoms with Gasteiger partial charge in [0, 0.05) is 13.1 Å². The smallest absolute Gasteiger partial charge is 0.261 e. The number of likely N-dealkylation sites (tertiary alicyclic amines) is 1. The molecule has 2 aromatic carbocycles. The highest BCUT2D eigenvalue weighted by atomic mass is 16.5. The van der Waals surface area contributed by atoms with Crippen LogP contribution in [0.5, 0.6) is 5.75 Å². The summed E-state index contributed by atoms with van der Waals surface area (Å²) in [6, 6.07) is 14.6. The van der Waals surface area contributed by atoms with Crippen LogP contribution in [-0.2, 0) is 17.9 Å². The average molecular weight is 381 g/mol. The highest BCUT2D eigenvalue weighted by Crippen LogP contribution is 2.19. The molecule has 1 atom stereocenters. The lowest BCUT2D eigenvalue weighted by Crippen LogP contribution is -2.37. The number of hydrogen-bond donors (Lipinski definition) is 1. The summed E-state index contributed by atoms with van der Waals surface area (Å²) in [5.74, 6) is 0.693. The molecular formula is C24H32N2O2. The normalized spacial score (nSPS) is 15.4. The van der Waals surface area contributed by atoms with Crippen molar-refractivity contribution in [1.82, 2.24) is 10.2 Å². The lowest BCUT2D eigenvalue weighted by Gasteiger charge is -2.18. The van der Waals surface area contributed by atoms with Crippen LogP contribution < -0.4 is 10.1 Å². The first-order chi connectivity index (χ1) is 13.5. The van der Waals surface area contributed by atoms with Gasteiger partial charge in [-0.3, -0.25) is 9.69 Å². The molecule has 4 heteroatoms. The molecule has 3 rings (SSSR count). The summed E-state index contributed by atoms with van der Waals surface area (Å²) < 4.78 is 5.97. The van der Waals surface area contributed by atoms with Crippen LogP contribution in [-0.4, -0.2) is 30.0 Å². The van der Waals surface area contributed by atoms with Crippen molar-refractivity contribution in [2.24, 2.45) is 0 Å². The molecule has 1 fully saturated rings. The summed E-state index contributed by atoms with van der Waals surface area (Å²) in [4.78, 5) is 15.1. The van der Waals surface area contributed by atoms with Crippen molar-refractivity contribution in [3.63, 3.8) is 0 Å². The Bertz CT molecular complexity index is 777. The Morgan fingerprint density at radius 3 is 2.43 bits per heavy atom. The van der Waals surface area contributed by atoms with Crippen molar-refractivity contribution < 1.29 is 9.53 Å². The molecule has 0 spiro atoms. The second kappa shape index (κ2) is 9.74.